The van der Waals surface area contributed by atoms with Gasteiger partial charge in [-0.1, -0.05) is 55.5 Å². The molecule has 3 aliphatic rings. The van der Waals surface area contributed by atoms with Crippen LogP contribution in [0.15, 0.2) is 48.5 Å². The van der Waals surface area contributed by atoms with E-state index < -0.39 is 17.5 Å². The Kier molecular flexibility index (Phi) is 5.58. The Labute approximate surface area is 199 Å². The third kappa shape index (κ3) is 3.73. The van der Waals surface area contributed by atoms with Crippen LogP contribution in [0.2, 0.25) is 0 Å². The van der Waals surface area contributed by atoms with Crippen LogP contribution in [-0.2, 0) is 14.3 Å². The number of carboxylic acid groups (broad SMARTS) is 1. The summed E-state index contributed by atoms with van der Waals surface area (Å²) in [5, 5.41) is 12.0. The van der Waals surface area contributed by atoms with Gasteiger partial charge in [0.05, 0.1) is 11.3 Å². The summed E-state index contributed by atoms with van der Waals surface area (Å²) < 4.78 is 5.61. The van der Waals surface area contributed by atoms with E-state index in [0.717, 1.165) is 11.1 Å². The van der Waals surface area contributed by atoms with Crippen LogP contribution < -0.4 is 5.32 Å². The maximum absolute atomic E-state index is 13.2. The van der Waals surface area contributed by atoms with Crippen molar-refractivity contribution in [3.63, 3.8) is 0 Å². The number of hydrogen-bond donors (Lipinski definition) is 2. The molecule has 1 saturated carbocycles. The molecule has 0 bridgehead atoms. The third-order valence-electron chi connectivity index (χ3n) is 8.03. The molecule has 2 aromatic rings. The summed E-state index contributed by atoms with van der Waals surface area (Å²) in [6, 6.07) is 16.3. The molecule has 2 unspecified atom stereocenters. The summed E-state index contributed by atoms with van der Waals surface area (Å²) in [6.07, 6.45) is 0.0218. The lowest BCUT2D eigenvalue weighted by Gasteiger charge is -2.32. The maximum atomic E-state index is 13.2. The van der Waals surface area contributed by atoms with Gasteiger partial charge in [0.25, 0.3) is 0 Å². The van der Waals surface area contributed by atoms with Crippen molar-refractivity contribution in [2.45, 2.75) is 26.2 Å². The molecule has 0 spiro atoms. The molecule has 4 atom stereocenters. The Morgan fingerprint density at radius 1 is 1.03 bits per heavy atom. The van der Waals surface area contributed by atoms with Gasteiger partial charge in [0, 0.05) is 25.6 Å². The topological polar surface area (TPSA) is 95.9 Å². The van der Waals surface area contributed by atoms with Crippen molar-refractivity contribution in [2.24, 2.45) is 23.2 Å². The zero-order valence-electron chi connectivity index (χ0n) is 19.5. The molecular formula is C27H30N2O5. The van der Waals surface area contributed by atoms with Crippen LogP contribution in [0.4, 0.5) is 4.79 Å². The molecular weight excluding hydrogens is 432 g/mol. The van der Waals surface area contributed by atoms with Gasteiger partial charge in [-0.2, -0.15) is 0 Å². The molecule has 1 heterocycles. The van der Waals surface area contributed by atoms with E-state index in [1.165, 1.54) is 11.1 Å². The Hall–Kier alpha value is -3.35. The number of amides is 2. The number of carbonyl (C=O) groups excluding carboxylic acids is 2. The first-order valence-electron chi connectivity index (χ1n) is 11.9. The number of fused-ring (bicyclic) bond motifs is 4. The Morgan fingerprint density at radius 2 is 1.59 bits per heavy atom. The van der Waals surface area contributed by atoms with E-state index in [1.54, 1.807) is 4.90 Å². The largest absolute Gasteiger partial charge is 0.481 e. The number of rotatable bonds is 7. The van der Waals surface area contributed by atoms with Crippen molar-refractivity contribution in [1.29, 1.82) is 0 Å². The number of likely N-dealkylation sites (tertiary alicyclic amines) is 1. The van der Waals surface area contributed by atoms with Gasteiger partial charge in [0.1, 0.15) is 6.61 Å². The summed E-state index contributed by atoms with van der Waals surface area (Å²) in [7, 11) is 0. The van der Waals surface area contributed by atoms with Gasteiger partial charge in [-0.25, -0.2) is 4.79 Å². The second-order valence-corrected chi connectivity index (χ2v) is 10.00. The monoisotopic (exact) mass is 462 g/mol. The van der Waals surface area contributed by atoms with E-state index in [2.05, 4.69) is 29.6 Å². The number of hydrogen-bond acceptors (Lipinski definition) is 4. The highest BCUT2D eigenvalue weighted by atomic mass is 16.5. The first kappa shape index (κ1) is 22.4. The number of carboxylic acids is 1. The number of benzene rings is 2. The molecule has 2 N–H and O–H groups in total. The highest BCUT2D eigenvalue weighted by molar-refractivity contribution is 5.85. The number of aliphatic carboxylic acids is 1. The van der Waals surface area contributed by atoms with Gasteiger partial charge in [-0.05, 0) is 47.4 Å². The molecule has 1 aliphatic heterocycles. The van der Waals surface area contributed by atoms with Gasteiger partial charge >= 0.3 is 12.1 Å². The number of ether oxygens (including phenoxy) is 1. The minimum absolute atomic E-state index is 0.0177. The van der Waals surface area contributed by atoms with E-state index in [0.29, 0.717) is 19.5 Å². The van der Waals surface area contributed by atoms with Crippen LogP contribution in [0.25, 0.3) is 11.1 Å². The summed E-state index contributed by atoms with van der Waals surface area (Å²) >= 11 is 0. The van der Waals surface area contributed by atoms with Crippen LogP contribution in [0.3, 0.4) is 0 Å². The van der Waals surface area contributed by atoms with Gasteiger partial charge < -0.3 is 20.1 Å². The van der Waals surface area contributed by atoms with E-state index in [-0.39, 0.29) is 42.7 Å². The van der Waals surface area contributed by atoms with Crippen molar-refractivity contribution in [2.75, 3.05) is 26.2 Å². The minimum Gasteiger partial charge on any atom is -0.481 e. The number of alkyl carbamates (subject to hydrolysis) is 1. The van der Waals surface area contributed by atoms with E-state index >= 15 is 0 Å². The second kappa shape index (κ2) is 8.46. The molecule has 0 radical (unpaired) electrons. The molecule has 2 aromatic carbocycles. The van der Waals surface area contributed by atoms with Crippen molar-refractivity contribution < 1.29 is 24.2 Å². The highest BCUT2D eigenvalue weighted by Crippen LogP contribution is 2.52. The van der Waals surface area contributed by atoms with Gasteiger partial charge in [0.2, 0.25) is 5.91 Å². The van der Waals surface area contributed by atoms with Crippen molar-refractivity contribution >= 4 is 18.0 Å². The maximum Gasteiger partial charge on any atom is 0.407 e. The van der Waals surface area contributed by atoms with Crippen LogP contribution in [-0.4, -0.2) is 54.2 Å². The normalized spacial score (nSPS) is 23.9. The predicted molar refractivity (Wildman–Crippen MR) is 126 cm³/mol. The van der Waals surface area contributed by atoms with E-state index in [1.807, 2.05) is 38.1 Å². The summed E-state index contributed by atoms with van der Waals surface area (Å²) in [4.78, 5) is 38.7. The number of nitrogens with one attached hydrogen (secondary N) is 1. The molecule has 34 heavy (non-hydrogen) atoms. The summed E-state index contributed by atoms with van der Waals surface area (Å²) in [5.74, 6) is -0.996. The van der Waals surface area contributed by atoms with Crippen molar-refractivity contribution in [3.8, 4) is 11.1 Å². The lowest BCUT2D eigenvalue weighted by Crippen LogP contribution is -2.48. The Bertz CT molecular complexity index is 1090. The quantitative estimate of drug-likeness (QED) is 0.654. The highest BCUT2D eigenvalue weighted by Gasteiger charge is 2.61. The second-order valence-electron chi connectivity index (χ2n) is 10.00. The van der Waals surface area contributed by atoms with Gasteiger partial charge in [0.15, 0.2) is 0 Å². The van der Waals surface area contributed by atoms with E-state index in [9.17, 15) is 19.5 Å². The molecule has 2 fully saturated rings. The zero-order valence-corrected chi connectivity index (χ0v) is 19.5. The molecule has 7 heteroatoms. The fourth-order valence-electron chi connectivity index (χ4n) is 5.71. The average Bonchev–Trinajstić information content (AvgIpc) is 3.20. The Morgan fingerprint density at radius 3 is 2.12 bits per heavy atom. The van der Waals surface area contributed by atoms with Crippen LogP contribution >= 0.6 is 0 Å². The average molecular weight is 463 g/mol. The molecule has 7 nitrogen and oxygen atoms in total. The van der Waals surface area contributed by atoms with Gasteiger partial charge in [-0.15, -0.1) is 0 Å². The molecule has 178 valence electrons. The fraction of sp³-hybridized carbons (Fsp3) is 0.444. The molecule has 5 rings (SSSR count). The predicted octanol–water partition coefficient (Wildman–Crippen LogP) is 3.73. The lowest BCUT2D eigenvalue weighted by molar-refractivity contribution is -0.144. The standard InChI is InChI=1S/C27H30N2O5/c1-3-27(2,25(32)29-12-20-21(13-29)23(20)24(30)31)15-28-26(33)34-14-22-18-10-6-4-8-16(18)17-9-5-7-11-19(17)22/h4-11,20-23H,3,12-15H2,1-2H3,(H,28,33)(H,30,31)/t20-,21+,23?,27?. The SMILES string of the molecule is CCC(C)(CNC(=O)OCC1c2ccccc2-c2ccccc21)C(=O)N1C[C@@H]2C(C(=O)O)[C@@H]2C1. The lowest BCUT2D eigenvalue weighted by atomic mass is 9.85. The fourth-order valence-corrected chi connectivity index (χ4v) is 5.71. The first-order chi connectivity index (χ1) is 16.3. The first-order valence-corrected chi connectivity index (χ1v) is 11.9. The third-order valence-corrected chi connectivity index (χ3v) is 8.03. The van der Waals surface area contributed by atoms with Crippen molar-refractivity contribution in [1.82, 2.24) is 10.2 Å². The van der Waals surface area contributed by atoms with Crippen LogP contribution in [0, 0.1) is 23.2 Å². The molecule has 1 saturated heterocycles. The van der Waals surface area contributed by atoms with Crippen LogP contribution in [0.5, 0.6) is 0 Å². The molecule has 2 amide bonds. The Balaban J connectivity index is 1.17. The summed E-state index contributed by atoms with van der Waals surface area (Å²) in [6.45, 7) is 5.14. The smallest absolute Gasteiger partial charge is 0.407 e. The van der Waals surface area contributed by atoms with Crippen molar-refractivity contribution in [3.05, 3.63) is 59.7 Å². The number of nitrogens with zero attached hydrogens (tertiary/aromatic N) is 1. The zero-order chi connectivity index (χ0) is 24.0. The minimum atomic E-state index is -0.766. The van der Waals surface area contributed by atoms with E-state index in [4.69, 9.17) is 4.74 Å². The number of piperidine rings is 1. The summed E-state index contributed by atoms with van der Waals surface area (Å²) in [5.41, 5.74) is 3.88. The van der Waals surface area contributed by atoms with Crippen LogP contribution in [0.1, 0.15) is 37.3 Å². The number of carbonyl (C=O) groups is 3. The molecule has 2 aliphatic carbocycles. The molecule has 0 aromatic heterocycles. The van der Waals surface area contributed by atoms with Gasteiger partial charge in [-0.3, -0.25) is 9.59 Å².